The lowest BCUT2D eigenvalue weighted by Gasteiger charge is -2.12. The standard InChI is InChI=1S/C20H18ClNO3S2/c1-3-22-19(23)18(27-20(22)26)10-13-7-8-17(24-2)14(9-13)12-25-16-6-4-5-15(21)11-16/h4-11H,3,12H2,1-2H3/b18-10-. The van der Waals surface area contributed by atoms with Crippen LogP contribution in [0.15, 0.2) is 47.4 Å². The van der Waals surface area contributed by atoms with E-state index in [-0.39, 0.29) is 5.91 Å². The Labute approximate surface area is 173 Å². The molecule has 0 aromatic heterocycles. The monoisotopic (exact) mass is 419 g/mol. The normalized spacial score (nSPS) is 15.5. The van der Waals surface area contributed by atoms with Crippen LogP contribution >= 0.6 is 35.6 Å². The molecule has 0 aliphatic carbocycles. The van der Waals surface area contributed by atoms with E-state index in [0.29, 0.717) is 33.1 Å². The fourth-order valence-corrected chi connectivity index (χ4v) is 4.21. The maximum atomic E-state index is 12.4. The van der Waals surface area contributed by atoms with Crippen LogP contribution in [-0.4, -0.2) is 28.8 Å². The molecule has 1 fully saturated rings. The molecule has 0 atom stereocenters. The second kappa shape index (κ2) is 8.78. The third-order valence-electron chi connectivity index (χ3n) is 3.98. The van der Waals surface area contributed by atoms with Crippen molar-refractivity contribution in [2.45, 2.75) is 13.5 Å². The second-order valence-corrected chi connectivity index (χ2v) is 7.86. The molecule has 0 N–H and O–H groups in total. The van der Waals surface area contributed by atoms with Gasteiger partial charge in [0.25, 0.3) is 5.91 Å². The zero-order valence-electron chi connectivity index (χ0n) is 14.9. The Morgan fingerprint density at radius 2 is 2.07 bits per heavy atom. The number of thiocarbonyl (C=S) groups is 1. The Balaban J connectivity index is 1.82. The summed E-state index contributed by atoms with van der Waals surface area (Å²) in [5.74, 6) is 1.34. The zero-order valence-corrected chi connectivity index (χ0v) is 17.3. The van der Waals surface area contributed by atoms with Crippen molar-refractivity contribution in [3.05, 3.63) is 63.5 Å². The van der Waals surface area contributed by atoms with Gasteiger partial charge in [-0.2, -0.15) is 0 Å². The Morgan fingerprint density at radius 3 is 2.74 bits per heavy atom. The van der Waals surface area contributed by atoms with E-state index in [1.54, 1.807) is 24.1 Å². The number of ether oxygens (including phenoxy) is 2. The lowest BCUT2D eigenvalue weighted by Crippen LogP contribution is -2.27. The molecule has 1 aliphatic heterocycles. The van der Waals surface area contributed by atoms with E-state index in [9.17, 15) is 4.79 Å². The number of thioether (sulfide) groups is 1. The summed E-state index contributed by atoms with van der Waals surface area (Å²) in [6.45, 7) is 2.80. The van der Waals surface area contributed by atoms with E-state index in [1.165, 1.54) is 11.8 Å². The summed E-state index contributed by atoms with van der Waals surface area (Å²) in [5.41, 5.74) is 1.76. The average molecular weight is 420 g/mol. The van der Waals surface area contributed by atoms with Gasteiger partial charge in [-0.15, -0.1) is 0 Å². The molecule has 0 unspecified atom stereocenters. The number of hydrogen-bond acceptors (Lipinski definition) is 5. The van der Waals surface area contributed by atoms with Crippen LogP contribution in [0.3, 0.4) is 0 Å². The summed E-state index contributed by atoms with van der Waals surface area (Å²) in [6.07, 6.45) is 1.84. The molecule has 3 rings (SSSR count). The fourth-order valence-electron chi connectivity index (χ4n) is 2.64. The molecule has 2 aromatic rings. The van der Waals surface area contributed by atoms with Crippen LogP contribution in [0.5, 0.6) is 11.5 Å². The van der Waals surface area contributed by atoms with E-state index < -0.39 is 0 Å². The first kappa shape index (κ1) is 19.7. The van der Waals surface area contributed by atoms with Crippen molar-refractivity contribution in [1.29, 1.82) is 0 Å². The van der Waals surface area contributed by atoms with Crippen molar-refractivity contribution in [2.24, 2.45) is 0 Å². The zero-order chi connectivity index (χ0) is 19.4. The summed E-state index contributed by atoms with van der Waals surface area (Å²) in [4.78, 5) is 14.6. The number of nitrogens with zero attached hydrogens (tertiary/aromatic N) is 1. The largest absolute Gasteiger partial charge is 0.496 e. The summed E-state index contributed by atoms with van der Waals surface area (Å²) >= 11 is 12.6. The number of benzene rings is 2. The highest BCUT2D eigenvalue weighted by molar-refractivity contribution is 8.26. The number of methoxy groups -OCH3 is 1. The van der Waals surface area contributed by atoms with Crippen LogP contribution in [-0.2, 0) is 11.4 Å². The maximum absolute atomic E-state index is 12.4. The number of carbonyl (C=O) groups is 1. The first-order valence-electron chi connectivity index (χ1n) is 8.32. The van der Waals surface area contributed by atoms with Gasteiger partial charge in [-0.25, -0.2) is 0 Å². The molecule has 7 heteroatoms. The molecule has 1 saturated heterocycles. The molecule has 1 aliphatic rings. The average Bonchev–Trinajstić information content (AvgIpc) is 2.93. The highest BCUT2D eigenvalue weighted by Gasteiger charge is 2.30. The Bertz CT molecular complexity index is 914. The number of amides is 1. The second-order valence-electron chi connectivity index (χ2n) is 5.74. The van der Waals surface area contributed by atoms with Gasteiger partial charge in [-0.05, 0) is 48.9 Å². The van der Waals surface area contributed by atoms with Gasteiger partial charge in [0.15, 0.2) is 0 Å². The van der Waals surface area contributed by atoms with Crippen LogP contribution in [0.1, 0.15) is 18.1 Å². The number of halogens is 1. The molecule has 27 heavy (non-hydrogen) atoms. The summed E-state index contributed by atoms with van der Waals surface area (Å²) in [7, 11) is 1.62. The SMILES string of the molecule is CCN1C(=O)/C(=C/c2ccc(OC)c(COc3cccc(Cl)c3)c2)SC1=S. The molecule has 4 nitrogen and oxygen atoms in total. The van der Waals surface area contributed by atoms with Crippen molar-refractivity contribution in [1.82, 2.24) is 4.90 Å². The third-order valence-corrected chi connectivity index (χ3v) is 5.60. The number of rotatable bonds is 6. The molecule has 1 amide bonds. The van der Waals surface area contributed by atoms with E-state index in [1.807, 2.05) is 43.3 Å². The van der Waals surface area contributed by atoms with E-state index in [4.69, 9.17) is 33.3 Å². The van der Waals surface area contributed by atoms with Crippen molar-refractivity contribution in [2.75, 3.05) is 13.7 Å². The van der Waals surface area contributed by atoms with E-state index in [0.717, 1.165) is 16.9 Å². The fraction of sp³-hybridized carbons (Fsp3) is 0.200. The van der Waals surface area contributed by atoms with Crippen LogP contribution in [0.25, 0.3) is 6.08 Å². The Hall–Kier alpha value is -2.02. The van der Waals surface area contributed by atoms with Gasteiger partial charge in [-0.3, -0.25) is 9.69 Å². The molecule has 0 radical (unpaired) electrons. The first-order chi connectivity index (χ1) is 13.0. The molecule has 1 heterocycles. The van der Waals surface area contributed by atoms with Gasteiger partial charge >= 0.3 is 0 Å². The quantitative estimate of drug-likeness (QED) is 0.478. The molecule has 2 aromatic carbocycles. The lowest BCUT2D eigenvalue weighted by molar-refractivity contribution is -0.121. The predicted octanol–water partition coefficient (Wildman–Crippen LogP) is 5.15. The lowest BCUT2D eigenvalue weighted by atomic mass is 10.1. The van der Waals surface area contributed by atoms with Crippen LogP contribution in [0.2, 0.25) is 5.02 Å². The van der Waals surface area contributed by atoms with Crippen LogP contribution in [0, 0.1) is 0 Å². The smallest absolute Gasteiger partial charge is 0.266 e. The van der Waals surface area contributed by atoms with Gasteiger partial charge in [0.2, 0.25) is 0 Å². The third kappa shape index (κ3) is 4.64. The predicted molar refractivity (Wildman–Crippen MR) is 114 cm³/mol. The maximum Gasteiger partial charge on any atom is 0.266 e. The van der Waals surface area contributed by atoms with Crippen LogP contribution < -0.4 is 9.47 Å². The van der Waals surface area contributed by atoms with Gasteiger partial charge < -0.3 is 9.47 Å². The highest BCUT2D eigenvalue weighted by atomic mass is 35.5. The van der Waals surface area contributed by atoms with Gasteiger partial charge in [0, 0.05) is 17.1 Å². The molecule has 0 bridgehead atoms. The minimum atomic E-state index is -0.0555. The molecule has 0 saturated carbocycles. The summed E-state index contributed by atoms with van der Waals surface area (Å²) in [6, 6.07) is 12.9. The van der Waals surface area contributed by atoms with Crippen molar-refractivity contribution in [3.8, 4) is 11.5 Å². The van der Waals surface area contributed by atoms with Crippen LogP contribution in [0.4, 0.5) is 0 Å². The van der Waals surface area contributed by atoms with Gasteiger partial charge in [-0.1, -0.05) is 47.7 Å². The minimum Gasteiger partial charge on any atom is -0.496 e. The van der Waals surface area contributed by atoms with E-state index >= 15 is 0 Å². The number of likely N-dealkylation sites (N-methyl/N-ethyl adjacent to an activating group) is 1. The summed E-state index contributed by atoms with van der Waals surface area (Å²) < 4.78 is 11.8. The van der Waals surface area contributed by atoms with Gasteiger partial charge in [0.05, 0.1) is 12.0 Å². The number of carbonyl (C=O) groups excluding carboxylic acids is 1. The van der Waals surface area contributed by atoms with Crippen molar-refractivity contribution >= 4 is 51.9 Å². The molecule has 0 spiro atoms. The van der Waals surface area contributed by atoms with Crippen molar-refractivity contribution in [3.63, 3.8) is 0 Å². The minimum absolute atomic E-state index is 0.0555. The van der Waals surface area contributed by atoms with Gasteiger partial charge in [0.1, 0.15) is 22.4 Å². The molecule has 140 valence electrons. The topological polar surface area (TPSA) is 38.8 Å². The van der Waals surface area contributed by atoms with E-state index in [2.05, 4.69) is 0 Å². The number of hydrogen-bond donors (Lipinski definition) is 0. The van der Waals surface area contributed by atoms with Crippen molar-refractivity contribution < 1.29 is 14.3 Å². The molecular weight excluding hydrogens is 402 g/mol. The Kier molecular flexibility index (Phi) is 6.42. The highest BCUT2D eigenvalue weighted by Crippen LogP contribution is 2.33. The summed E-state index contributed by atoms with van der Waals surface area (Å²) in [5, 5.41) is 0.617. The molecular formula is C20H18ClNO3S2. The Morgan fingerprint density at radius 1 is 1.26 bits per heavy atom. The first-order valence-corrected chi connectivity index (χ1v) is 9.92.